The molecule has 0 aliphatic carbocycles. The molecule has 9 nitrogen and oxygen atoms in total. The maximum atomic E-state index is 12.6. The molecule has 0 unspecified atom stereocenters. The number of anilines is 1. The number of para-hydroxylation sites is 2. The average molecular weight is 509 g/mol. The third-order valence-electron chi connectivity index (χ3n) is 4.76. The molecule has 1 aromatic heterocycles. The van der Waals surface area contributed by atoms with Gasteiger partial charge in [-0.2, -0.15) is 5.26 Å². The van der Waals surface area contributed by atoms with Gasteiger partial charge in [0.15, 0.2) is 23.0 Å². The van der Waals surface area contributed by atoms with Gasteiger partial charge in [-0.15, -0.1) is 10.2 Å². The standard InChI is InChI=1S/C26H28N4O5S/c1-4-8-24-29-30-26(36-24)28-25(31)19(17-27)15-18-11-12-22(23(16-18)33-5-2)35-14-13-34-21-10-7-6-9-20(21)32-3/h6-7,9-12,15-16H,4-5,8,13-14H2,1-3H3,(H,28,30,31). The number of methoxy groups -OCH3 is 1. The van der Waals surface area contributed by atoms with Crippen LogP contribution >= 0.6 is 11.3 Å². The number of nitrogens with one attached hydrogen (secondary N) is 1. The summed E-state index contributed by atoms with van der Waals surface area (Å²) in [5.74, 6) is 1.75. The third kappa shape index (κ3) is 7.45. The lowest BCUT2D eigenvalue weighted by atomic mass is 10.1. The predicted octanol–water partition coefficient (Wildman–Crippen LogP) is 4.90. The number of carbonyl (C=O) groups excluding carboxylic acids is 1. The highest BCUT2D eigenvalue weighted by Crippen LogP contribution is 2.30. The topological polar surface area (TPSA) is 116 Å². The van der Waals surface area contributed by atoms with Crippen molar-refractivity contribution >= 4 is 28.5 Å². The number of nitriles is 1. The number of amides is 1. The number of ether oxygens (including phenoxy) is 4. The fraction of sp³-hybridized carbons (Fsp3) is 0.308. The van der Waals surface area contributed by atoms with Crippen molar-refractivity contribution < 1.29 is 23.7 Å². The molecule has 0 aliphatic heterocycles. The van der Waals surface area contributed by atoms with E-state index >= 15 is 0 Å². The largest absolute Gasteiger partial charge is 0.493 e. The van der Waals surface area contributed by atoms with E-state index in [0.29, 0.717) is 46.9 Å². The molecule has 3 aromatic rings. The van der Waals surface area contributed by atoms with Crippen LogP contribution in [0.1, 0.15) is 30.8 Å². The van der Waals surface area contributed by atoms with Crippen LogP contribution in [0.4, 0.5) is 5.13 Å². The molecule has 1 amide bonds. The van der Waals surface area contributed by atoms with Crippen LogP contribution in [-0.2, 0) is 11.2 Å². The lowest BCUT2D eigenvalue weighted by Gasteiger charge is -2.14. The summed E-state index contributed by atoms with van der Waals surface area (Å²) in [6.07, 6.45) is 3.21. The minimum absolute atomic E-state index is 0.0661. The van der Waals surface area contributed by atoms with Crippen molar-refractivity contribution in [1.29, 1.82) is 5.26 Å². The Balaban J connectivity index is 1.65. The zero-order valence-electron chi connectivity index (χ0n) is 20.4. The summed E-state index contributed by atoms with van der Waals surface area (Å²) in [7, 11) is 1.59. The van der Waals surface area contributed by atoms with E-state index in [1.54, 1.807) is 25.3 Å². The molecule has 0 saturated carbocycles. The van der Waals surface area contributed by atoms with E-state index in [9.17, 15) is 10.1 Å². The van der Waals surface area contributed by atoms with E-state index < -0.39 is 5.91 Å². The van der Waals surface area contributed by atoms with Gasteiger partial charge in [0.1, 0.15) is 29.9 Å². The molecule has 0 fully saturated rings. The highest BCUT2D eigenvalue weighted by molar-refractivity contribution is 7.15. The van der Waals surface area contributed by atoms with E-state index in [1.165, 1.54) is 17.4 Å². The number of hydrogen-bond acceptors (Lipinski definition) is 9. The maximum absolute atomic E-state index is 12.6. The van der Waals surface area contributed by atoms with Gasteiger partial charge in [0.05, 0.1) is 13.7 Å². The zero-order valence-corrected chi connectivity index (χ0v) is 21.3. The molecule has 10 heteroatoms. The van der Waals surface area contributed by atoms with Crippen LogP contribution in [0, 0.1) is 11.3 Å². The van der Waals surface area contributed by atoms with Crippen LogP contribution in [0.15, 0.2) is 48.0 Å². The van der Waals surface area contributed by atoms with Crippen LogP contribution in [0.2, 0.25) is 0 Å². The Morgan fingerprint density at radius 1 is 1.03 bits per heavy atom. The molecule has 0 saturated heterocycles. The van der Waals surface area contributed by atoms with Gasteiger partial charge in [-0.25, -0.2) is 0 Å². The first kappa shape index (κ1) is 26.5. The van der Waals surface area contributed by atoms with Gasteiger partial charge in [0, 0.05) is 6.42 Å². The van der Waals surface area contributed by atoms with Gasteiger partial charge in [-0.1, -0.05) is 36.5 Å². The van der Waals surface area contributed by atoms with Gasteiger partial charge in [0.25, 0.3) is 5.91 Å². The lowest BCUT2D eigenvalue weighted by Crippen LogP contribution is -2.13. The van der Waals surface area contributed by atoms with E-state index in [1.807, 2.05) is 44.2 Å². The van der Waals surface area contributed by atoms with Crippen molar-refractivity contribution in [2.45, 2.75) is 26.7 Å². The summed E-state index contributed by atoms with van der Waals surface area (Å²) in [4.78, 5) is 12.6. The predicted molar refractivity (Wildman–Crippen MR) is 138 cm³/mol. The Hall–Kier alpha value is -4.10. The van der Waals surface area contributed by atoms with Crippen molar-refractivity contribution in [3.8, 4) is 29.1 Å². The summed E-state index contributed by atoms with van der Waals surface area (Å²) in [6.45, 7) is 4.90. The van der Waals surface area contributed by atoms with E-state index in [2.05, 4.69) is 15.5 Å². The van der Waals surface area contributed by atoms with Crippen molar-refractivity contribution in [3.63, 3.8) is 0 Å². The Morgan fingerprint density at radius 3 is 2.42 bits per heavy atom. The fourth-order valence-electron chi connectivity index (χ4n) is 3.14. The summed E-state index contributed by atoms with van der Waals surface area (Å²) in [5.41, 5.74) is 0.551. The summed E-state index contributed by atoms with van der Waals surface area (Å²) in [5, 5.41) is 21.4. The molecule has 2 aromatic carbocycles. The van der Waals surface area contributed by atoms with Gasteiger partial charge >= 0.3 is 0 Å². The number of benzene rings is 2. The van der Waals surface area contributed by atoms with Gasteiger partial charge < -0.3 is 18.9 Å². The quantitative estimate of drug-likeness (QED) is 0.197. The minimum Gasteiger partial charge on any atom is -0.493 e. The number of nitrogens with zero attached hydrogens (tertiary/aromatic N) is 3. The molecule has 0 aliphatic rings. The van der Waals surface area contributed by atoms with Crippen LogP contribution in [0.3, 0.4) is 0 Å². The summed E-state index contributed by atoms with van der Waals surface area (Å²) >= 11 is 1.30. The second-order valence-corrected chi connectivity index (χ2v) is 8.42. The van der Waals surface area contributed by atoms with Crippen LogP contribution in [-0.4, -0.2) is 43.0 Å². The molecular weight excluding hydrogens is 480 g/mol. The zero-order chi connectivity index (χ0) is 25.8. The second kappa shape index (κ2) is 13.7. The molecule has 0 radical (unpaired) electrons. The molecule has 3 rings (SSSR count). The molecular formula is C26H28N4O5S. The van der Waals surface area contributed by atoms with Crippen molar-refractivity contribution in [3.05, 3.63) is 58.6 Å². The number of aromatic nitrogens is 2. The first-order valence-corrected chi connectivity index (χ1v) is 12.3. The van der Waals surface area contributed by atoms with E-state index in [-0.39, 0.29) is 12.2 Å². The highest BCUT2D eigenvalue weighted by atomic mass is 32.1. The monoisotopic (exact) mass is 508 g/mol. The highest BCUT2D eigenvalue weighted by Gasteiger charge is 2.14. The minimum atomic E-state index is -0.552. The maximum Gasteiger partial charge on any atom is 0.268 e. The Bertz CT molecular complexity index is 1240. The molecule has 0 bridgehead atoms. The first-order chi connectivity index (χ1) is 17.6. The molecule has 0 atom stereocenters. The lowest BCUT2D eigenvalue weighted by molar-refractivity contribution is -0.112. The number of hydrogen-bond donors (Lipinski definition) is 1. The van der Waals surface area contributed by atoms with E-state index in [0.717, 1.165) is 17.8 Å². The Morgan fingerprint density at radius 2 is 1.75 bits per heavy atom. The third-order valence-corrected chi connectivity index (χ3v) is 5.66. The average Bonchev–Trinajstić information content (AvgIpc) is 3.33. The van der Waals surface area contributed by atoms with Gasteiger partial charge in [0.2, 0.25) is 5.13 Å². The fourth-order valence-corrected chi connectivity index (χ4v) is 3.98. The second-order valence-electron chi connectivity index (χ2n) is 7.36. The number of aryl methyl sites for hydroxylation is 1. The first-order valence-electron chi connectivity index (χ1n) is 11.5. The van der Waals surface area contributed by atoms with Gasteiger partial charge in [-0.3, -0.25) is 10.1 Å². The molecule has 1 heterocycles. The molecule has 36 heavy (non-hydrogen) atoms. The van der Waals surface area contributed by atoms with Crippen molar-refractivity contribution in [2.24, 2.45) is 0 Å². The molecule has 188 valence electrons. The molecule has 1 N–H and O–H groups in total. The van der Waals surface area contributed by atoms with Crippen molar-refractivity contribution in [2.75, 3.05) is 32.2 Å². The SMILES string of the molecule is CCCc1nnc(NC(=O)C(C#N)=Cc2ccc(OCCOc3ccccc3OC)c(OCC)c2)s1. The Labute approximate surface area is 214 Å². The Kier molecular flexibility index (Phi) is 10.1. The summed E-state index contributed by atoms with van der Waals surface area (Å²) < 4.78 is 22.6. The normalized spacial score (nSPS) is 10.9. The number of rotatable bonds is 13. The summed E-state index contributed by atoms with van der Waals surface area (Å²) in [6, 6.07) is 14.5. The van der Waals surface area contributed by atoms with Crippen molar-refractivity contribution in [1.82, 2.24) is 10.2 Å². The van der Waals surface area contributed by atoms with Crippen LogP contribution in [0.5, 0.6) is 23.0 Å². The van der Waals surface area contributed by atoms with E-state index in [4.69, 9.17) is 18.9 Å². The molecule has 0 spiro atoms. The smallest absolute Gasteiger partial charge is 0.268 e. The van der Waals surface area contributed by atoms with Gasteiger partial charge in [-0.05, 0) is 49.2 Å². The van der Waals surface area contributed by atoms with Crippen LogP contribution in [0.25, 0.3) is 6.08 Å². The number of carbonyl (C=O) groups is 1. The van der Waals surface area contributed by atoms with Crippen LogP contribution < -0.4 is 24.3 Å².